The summed E-state index contributed by atoms with van der Waals surface area (Å²) < 4.78 is 5.46. The largest absolute Gasteiger partial charge is 0.507 e. The Labute approximate surface area is 199 Å². The van der Waals surface area contributed by atoms with E-state index in [4.69, 9.17) is 4.74 Å². The molecule has 4 rings (SSSR count). The highest BCUT2D eigenvalue weighted by Gasteiger charge is 2.47. The molecule has 1 aromatic heterocycles. The fourth-order valence-electron chi connectivity index (χ4n) is 4.51. The average Bonchev–Trinajstić information content (AvgIpc) is 3.09. The van der Waals surface area contributed by atoms with Crippen LogP contribution >= 0.6 is 0 Å². The standard InChI is InChI=1S/C28H28N2O4/c1-16(2)21-15-20(7-9-23(21)34-5)26(31)24-25(19-10-12-29-13-11-19)30(28(33)27(24)32)22-8-6-17(3)14-18(22)4/h6-16,25,31H,1-5H3/b26-24-. The number of methoxy groups -OCH3 is 1. The smallest absolute Gasteiger partial charge is 0.300 e. The topological polar surface area (TPSA) is 79.7 Å². The van der Waals surface area contributed by atoms with Crippen LogP contribution in [0, 0.1) is 13.8 Å². The zero-order valence-corrected chi connectivity index (χ0v) is 20.0. The molecule has 6 heteroatoms. The van der Waals surface area contributed by atoms with Crippen LogP contribution in [0.1, 0.15) is 53.6 Å². The van der Waals surface area contributed by atoms with Crippen LogP contribution in [0.5, 0.6) is 5.75 Å². The van der Waals surface area contributed by atoms with Gasteiger partial charge in [0.2, 0.25) is 0 Å². The summed E-state index contributed by atoms with van der Waals surface area (Å²) in [7, 11) is 1.60. The van der Waals surface area contributed by atoms with Gasteiger partial charge in [-0.05, 0) is 72.9 Å². The molecule has 0 bridgehead atoms. The van der Waals surface area contributed by atoms with Crippen LogP contribution < -0.4 is 9.64 Å². The number of hydrogen-bond acceptors (Lipinski definition) is 5. The van der Waals surface area contributed by atoms with Crippen molar-refractivity contribution in [3.8, 4) is 5.75 Å². The van der Waals surface area contributed by atoms with Crippen LogP contribution in [0.25, 0.3) is 5.76 Å². The molecule has 2 heterocycles. The second-order valence-corrected chi connectivity index (χ2v) is 8.85. The lowest BCUT2D eigenvalue weighted by Gasteiger charge is -2.27. The number of nitrogens with zero attached hydrogens (tertiary/aromatic N) is 2. The number of carbonyl (C=O) groups excluding carboxylic acids is 2. The first kappa shape index (κ1) is 23.2. The molecular weight excluding hydrogens is 428 g/mol. The van der Waals surface area contributed by atoms with Gasteiger partial charge in [-0.15, -0.1) is 0 Å². The second kappa shape index (κ2) is 9.14. The molecule has 1 fully saturated rings. The van der Waals surface area contributed by atoms with E-state index in [0.29, 0.717) is 22.6 Å². The molecule has 3 aromatic rings. The molecule has 1 atom stereocenters. The summed E-state index contributed by atoms with van der Waals surface area (Å²) in [6, 6.07) is 13.7. The van der Waals surface area contributed by atoms with E-state index in [1.54, 1.807) is 43.8 Å². The number of rotatable bonds is 5. The van der Waals surface area contributed by atoms with Crippen molar-refractivity contribution < 1.29 is 19.4 Å². The number of benzene rings is 2. The van der Waals surface area contributed by atoms with E-state index in [1.165, 1.54) is 4.90 Å². The predicted octanol–water partition coefficient (Wildman–Crippen LogP) is 5.46. The number of hydrogen-bond donors (Lipinski definition) is 1. The number of ether oxygens (including phenoxy) is 1. The minimum absolute atomic E-state index is 0.0519. The van der Waals surface area contributed by atoms with Gasteiger partial charge >= 0.3 is 0 Å². The van der Waals surface area contributed by atoms with Gasteiger partial charge < -0.3 is 9.84 Å². The third-order valence-electron chi connectivity index (χ3n) is 6.20. The summed E-state index contributed by atoms with van der Waals surface area (Å²) in [5.41, 5.74) is 4.65. The van der Waals surface area contributed by atoms with Crippen LogP contribution in [0.3, 0.4) is 0 Å². The highest BCUT2D eigenvalue weighted by molar-refractivity contribution is 6.51. The molecule has 6 nitrogen and oxygen atoms in total. The maximum atomic E-state index is 13.4. The van der Waals surface area contributed by atoms with Gasteiger partial charge in [-0.25, -0.2) is 0 Å². The van der Waals surface area contributed by atoms with Gasteiger partial charge in [-0.1, -0.05) is 31.5 Å². The molecule has 0 aliphatic carbocycles. The molecule has 1 saturated heterocycles. The molecule has 0 spiro atoms. The number of aryl methyl sites for hydroxylation is 2. The van der Waals surface area contributed by atoms with Gasteiger partial charge in [0.15, 0.2) is 0 Å². The normalized spacial score (nSPS) is 17.5. The first-order valence-corrected chi connectivity index (χ1v) is 11.2. The van der Waals surface area contributed by atoms with Crippen molar-refractivity contribution in [3.05, 3.63) is 94.3 Å². The second-order valence-electron chi connectivity index (χ2n) is 8.85. The summed E-state index contributed by atoms with van der Waals surface area (Å²) in [6.07, 6.45) is 3.23. The Hall–Kier alpha value is -3.93. The van der Waals surface area contributed by atoms with Gasteiger partial charge in [-0.2, -0.15) is 0 Å². The molecule has 1 aliphatic rings. The summed E-state index contributed by atoms with van der Waals surface area (Å²) in [5, 5.41) is 11.4. The fraction of sp³-hybridized carbons (Fsp3) is 0.250. The molecule has 1 aliphatic heterocycles. The van der Waals surface area contributed by atoms with E-state index in [1.807, 2.05) is 52.0 Å². The maximum Gasteiger partial charge on any atom is 0.300 e. The Morgan fingerprint density at radius 2 is 1.74 bits per heavy atom. The van der Waals surface area contributed by atoms with E-state index >= 15 is 0 Å². The van der Waals surface area contributed by atoms with Gasteiger partial charge in [0.25, 0.3) is 11.7 Å². The van der Waals surface area contributed by atoms with E-state index in [2.05, 4.69) is 4.98 Å². The van der Waals surface area contributed by atoms with E-state index in [0.717, 1.165) is 16.7 Å². The third-order valence-corrected chi connectivity index (χ3v) is 6.20. The minimum Gasteiger partial charge on any atom is -0.507 e. The molecule has 1 amide bonds. The number of carbonyl (C=O) groups is 2. The number of pyridine rings is 1. The number of anilines is 1. The van der Waals surface area contributed by atoms with Gasteiger partial charge in [0, 0.05) is 23.6 Å². The predicted molar refractivity (Wildman–Crippen MR) is 132 cm³/mol. The number of ketones is 1. The number of amides is 1. The number of aromatic nitrogens is 1. The van der Waals surface area contributed by atoms with Crippen molar-refractivity contribution in [1.82, 2.24) is 4.98 Å². The van der Waals surface area contributed by atoms with Gasteiger partial charge in [0.1, 0.15) is 11.5 Å². The van der Waals surface area contributed by atoms with E-state index in [-0.39, 0.29) is 17.3 Å². The fourth-order valence-corrected chi connectivity index (χ4v) is 4.51. The maximum absolute atomic E-state index is 13.4. The SMILES string of the molecule is COc1ccc(/C(O)=C2/C(=O)C(=O)N(c3ccc(C)cc3C)C2c2ccncc2)cc1C(C)C. The van der Waals surface area contributed by atoms with Crippen LogP contribution in [0.4, 0.5) is 5.69 Å². The lowest BCUT2D eigenvalue weighted by Crippen LogP contribution is -2.30. The summed E-state index contributed by atoms with van der Waals surface area (Å²) in [5.74, 6) is -0.768. The highest BCUT2D eigenvalue weighted by atomic mass is 16.5. The van der Waals surface area contributed by atoms with Crippen molar-refractivity contribution in [2.75, 3.05) is 12.0 Å². The number of Topliss-reactive ketones (excluding diaryl/α,β-unsaturated/α-hetero) is 1. The van der Waals surface area contributed by atoms with Crippen molar-refractivity contribution in [2.45, 2.75) is 39.7 Å². The van der Waals surface area contributed by atoms with Crippen molar-refractivity contribution in [3.63, 3.8) is 0 Å². The van der Waals surface area contributed by atoms with Crippen LogP contribution in [-0.4, -0.2) is 28.9 Å². The monoisotopic (exact) mass is 456 g/mol. The van der Waals surface area contributed by atoms with Crippen molar-refractivity contribution >= 4 is 23.1 Å². The Balaban J connectivity index is 1.95. The number of aliphatic hydroxyl groups excluding tert-OH is 1. The first-order valence-electron chi connectivity index (χ1n) is 11.2. The van der Waals surface area contributed by atoms with Crippen molar-refractivity contribution in [1.29, 1.82) is 0 Å². The Bertz CT molecular complexity index is 1300. The summed E-state index contributed by atoms with van der Waals surface area (Å²) in [6.45, 7) is 7.93. The van der Waals surface area contributed by atoms with E-state index in [9.17, 15) is 14.7 Å². The Kier molecular flexibility index (Phi) is 6.24. The molecular formula is C28H28N2O4. The molecule has 174 valence electrons. The lowest BCUT2D eigenvalue weighted by atomic mass is 9.93. The minimum atomic E-state index is -0.783. The Morgan fingerprint density at radius 1 is 1.03 bits per heavy atom. The molecule has 0 saturated carbocycles. The quantitative estimate of drug-likeness (QED) is 0.313. The lowest BCUT2D eigenvalue weighted by molar-refractivity contribution is -0.132. The van der Waals surface area contributed by atoms with Crippen molar-refractivity contribution in [2.24, 2.45) is 0 Å². The van der Waals surface area contributed by atoms with E-state index < -0.39 is 17.7 Å². The number of aliphatic hydroxyl groups is 1. The first-order chi connectivity index (χ1) is 16.2. The summed E-state index contributed by atoms with van der Waals surface area (Å²) >= 11 is 0. The highest BCUT2D eigenvalue weighted by Crippen LogP contribution is 2.43. The Morgan fingerprint density at radius 3 is 2.35 bits per heavy atom. The third kappa shape index (κ3) is 3.96. The molecule has 2 aromatic carbocycles. The van der Waals surface area contributed by atoms with Crippen LogP contribution in [0.2, 0.25) is 0 Å². The zero-order chi connectivity index (χ0) is 24.6. The zero-order valence-electron chi connectivity index (χ0n) is 20.0. The van der Waals surface area contributed by atoms with Crippen LogP contribution in [-0.2, 0) is 9.59 Å². The van der Waals surface area contributed by atoms with Gasteiger partial charge in [0.05, 0.1) is 18.7 Å². The molecule has 34 heavy (non-hydrogen) atoms. The average molecular weight is 457 g/mol. The van der Waals surface area contributed by atoms with Gasteiger partial charge in [-0.3, -0.25) is 19.5 Å². The van der Waals surface area contributed by atoms with Crippen LogP contribution in [0.15, 0.2) is 66.5 Å². The molecule has 1 N–H and O–H groups in total. The molecule has 1 unspecified atom stereocenters. The molecule has 0 radical (unpaired) electrons. The summed E-state index contributed by atoms with van der Waals surface area (Å²) in [4.78, 5) is 32.3.